The van der Waals surface area contributed by atoms with Gasteiger partial charge in [-0.3, -0.25) is 4.79 Å². The molecule has 0 aliphatic heterocycles. The molecule has 0 atom stereocenters. The molecular weight excluding hydrogens is 266 g/mol. The number of pyridine rings is 2. The van der Waals surface area contributed by atoms with Gasteiger partial charge in [0.1, 0.15) is 23.3 Å². The number of aryl methyl sites for hydroxylation is 1. The average molecular weight is 275 g/mol. The van der Waals surface area contributed by atoms with Crippen molar-refractivity contribution < 1.29 is 0 Å². The Labute approximate surface area is 119 Å². The number of fused-ring (bicyclic) bond motifs is 1. The minimum atomic E-state index is -0.408. The van der Waals surface area contributed by atoms with Crippen LogP contribution < -0.4 is 5.56 Å². The van der Waals surface area contributed by atoms with Gasteiger partial charge in [0, 0.05) is 23.7 Å². The number of nitriles is 2. The molecule has 6 heteroatoms. The number of nitrogens with one attached hydrogen (secondary N) is 1. The highest BCUT2D eigenvalue weighted by Crippen LogP contribution is 2.21. The van der Waals surface area contributed by atoms with Gasteiger partial charge in [0.05, 0.1) is 11.3 Å². The number of hydrogen-bond acceptors (Lipinski definition) is 4. The van der Waals surface area contributed by atoms with Crippen molar-refractivity contribution in [3.63, 3.8) is 0 Å². The van der Waals surface area contributed by atoms with Gasteiger partial charge in [-0.15, -0.1) is 0 Å². The van der Waals surface area contributed by atoms with E-state index in [1.807, 2.05) is 6.07 Å². The fraction of sp³-hybridized carbons (Fsp3) is 0.0667. The maximum Gasteiger partial charge on any atom is 0.266 e. The second kappa shape index (κ2) is 4.62. The molecule has 0 spiro atoms. The number of rotatable bonds is 1. The zero-order valence-corrected chi connectivity index (χ0v) is 11.1. The molecule has 3 heterocycles. The summed E-state index contributed by atoms with van der Waals surface area (Å²) in [5.41, 5.74) is 2.82. The van der Waals surface area contributed by atoms with Crippen LogP contribution in [0.1, 0.15) is 16.8 Å². The fourth-order valence-corrected chi connectivity index (χ4v) is 2.16. The van der Waals surface area contributed by atoms with Crippen molar-refractivity contribution in [3.8, 4) is 23.4 Å². The van der Waals surface area contributed by atoms with E-state index in [4.69, 9.17) is 10.5 Å². The lowest BCUT2D eigenvalue weighted by Gasteiger charge is -2.02. The van der Waals surface area contributed by atoms with E-state index in [9.17, 15) is 4.79 Å². The molecule has 0 unspecified atom stereocenters. The van der Waals surface area contributed by atoms with Crippen LogP contribution in [0.15, 0.2) is 35.4 Å². The second-order valence-electron chi connectivity index (χ2n) is 4.58. The van der Waals surface area contributed by atoms with Crippen LogP contribution in [0.2, 0.25) is 0 Å². The molecule has 3 aromatic rings. The number of imidazole rings is 1. The molecular formula is C15H9N5O. The lowest BCUT2D eigenvalue weighted by Crippen LogP contribution is -2.11. The van der Waals surface area contributed by atoms with Crippen molar-refractivity contribution in [1.29, 1.82) is 10.5 Å². The standard InChI is InChI=1S/C15H9N5O/c1-9-12(4-11(6-17)15(21)18-9)13-8-20-7-10(5-16)2-3-14(20)19-13/h2-4,7-8H,1H3,(H,18,21). The second-order valence-corrected chi connectivity index (χ2v) is 4.58. The Kier molecular flexibility index (Phi) is 2.78. The third-order valence-corrected chi connectivity index (χ3v) is 3.21. The highest BCUT2D eigenvalue weighted by atomic mass is 16.1. The minimum absolute atomic E-state index is 0.0466. The van der Waals surface area contributed by atoms with Gasteiger partial charge in [-0.05, 0) is 25.1 Å². The highest BCUT2D eigenvalue weighted by molar-refractivity contribution is 5.66. The summed E-state index contributed by atoms with van der Waals surface area (Å²) in [6, 6.07) is 8.89. The van der Waals surface area contributed by atoms with Crippen LogP contribution in [-0.2, 0) is 0 Å². The topological polar surface area (TPSA) is 97.7 Å². The Hall–Kier alpha value is -3.38. The predicted octanol–water partition coefficient (Wildman–Crippen LogP) is 1.74. The summed E-state index contributed by atoms with van der Waals surface area (Å²) in [7, 11) is 0. The van der Waals surface area contributed by atoms with Crippen molar-refractivity contribution in [3.05, 3.63) is 57.8 Å². The van der Waals surface area contributed by atoms with Crippen molar-refractivity contribution in [1.82, 2.24) is 14.4 Å². The molecule has 100 valence electrons. The molecule has 0 saturated carbocycles. The van der Waals surface area contributed by atoms with E-state index < -0.39 is 5.56 Å². The van der Waals surface area contributed by atoms with E-state index in [2.05, 4.69) is 16.0 Å². The Morgan fingerprint density at radius 1 is 1.24 bits per heavy atom. The van der Waals surface area contributed by atoms with Gasteiger partial charge >= 0.3 is 0 Å². The van der Waals surface area contributed by atoms with Gasteiger partial charge in [0.15, 0.2) is 0 Å². The van der Waals surface area contributed by atoms with Crippen molar-refractivity contribution in [2.24, 2.45) is 0 Å². The molecule has 0 bridgehead atoms. The maximum atomic E-state index is 11.6. The van der Waals surface area contributed by atoms with Gasteiger partial charge in [-0.1, -0.05) is 0 Å². The Morgan fingerprint density at radius 2 is 2.05 bits per heavy atom. The molecule has 6 nitrogen and oxygen atoms in total. The first-order valence-electron chi connectivity index (χ1n) is 6.15. The van der Waals surface area contributed by atoms with Gasteiger partial charge in [0.2, 0.25) is 0 Å². The number of aromatic amines is 1. The summed E-state index contributed by atoms with van der Waals surface area (Å²) in [5, 5.41) is 17.9. The largest absolute Gasteiger partial charge is 0.325 e. The summed E-state index contributed by atoms with van der Waals surface area (Å²) in [6.45, 7) is 1.75. The Bertz CT molecular complexity index is 998. The monoisotopic (exact) mass is 275 g/mol. The van der Waals surface area contributed by atoms with Gasteiger partial charge < -0.3 is 9.38 Å². The average Bonchev–Trinajstić information content (AvgIpc) is 2.89. The Morgan fingerprint density at radius 3 is 2.76 bits per heavy atom. The molecule has 3 aromatic heterocycles. The van der Waals surface area contributed by atoms with Gasteiger partial charge in [0.25, 0.3) is 5.56 Å². The van der Waals surface area contributed by atoms with Gasteiger partial charge in [-0.2, -0.15) is 10.5 Å². The molecule has 0 aliphatic carbocycles. The smallest absolute Gasteiger partial charge is 0.266 e. The van der Waals surface area contributed by atoms with Crippen LogP contribution in [0.25, 0.3) is 16.9 Å². The van der Waals surface area contributed by atoms with Crippen LogP contribution in [0.4, 0.5) is 0 Å². The minimum Gasteiger partial charge on any atom is -0.325 e. The van der Waals surface area contributed by atoms with E-state index in [-0.39, 0.29) is 5.56 Å². The van der Waals surface area contributed by atoms with Crippen molar-refractivity contribution in [2.75, 3.05) is 0 Å². The lowest BCUT2D eigenvalue weighted by atomic mass is 10.1. The molecule has 0 fully saturated rings. The van der Waals surface area contributed by atoms with Crippen LogP contribution in [-0.4, -0.2) is 14.4 Å². The fourth-order valence-electron chi connectivity index (χ4n) is 2.16. The maximum absolute atomic E-state index is 11.6. The zero-order chi connectivity index (χ0) is 15.0. The summed E-state index contributed by atoms with van der Waals surface area (Å²) in [5.74, 6) is 0. The van der Waals surface area contributed by atoms with Crippen LogP contribution in [0.3, 0.4) is 0 Å². The number of nitrogens with zero attached hydrogens (tertiary/aromatic N) is 4. The van der Waals surface area contributed by atoms with Crippen molar-refractivity contribution in [2.45, 2.75) is 6.92 Å². The van der Waals surface area contributed by atoms with E-state index >= 15 is 0 Å². The van der Waals surface area contributed by atoms with Crippen LogP contribution >= 0.6 is 0 Å². The quantitative estimate of drug-likeness (QED) is 0.731. The molecule has 21 heavy (non-hydrogen) atoms. The third-order valence-electron chi connectivity index (χ3n) is 3.21. The lowest BCUT2D eigenvalue weighted by molar-refractivity contribution is 1.13. The Balaban J connectivity index is 2.24. The van der Waals surface area contributed by atoms with E-state index in [1.54, 1.807) is 35.9 Å². The third kappa shape index (κ3) is 2.05. The molecule has 0 saturated heterocycles. The molecule has 0 amide bonds. The summed E-state index contributed by atoms with van der Waals surface area (Å²) < 4.78 is 1.74. The summed E-state index contributed by atoms with van der Waals surface area (Å²) in [6.07, 6.45) is 3.44. The van der Waals surface area contributed by atoms with Crippen molar-refractivity contribution >= 4 is 5.65 Å². The van der Waals surface area contributed by atoms with Gasteiger partial charge in [-0.25, -0.2) is 4.98 Å². The predicted molar refractivity (Wildman–Crippen MR) is 75.4 cm³/mol. The van der Waals surface area contributed by atoms with E-state index in [0.29, 0.717) is 28.2 Å². The van der Waals surface area contributed by atoms with Crippen LogP contribution in [0.5, 0.6) is 0 Å². The highest BCUT2D eigenvalue weighted by Gasteiger charge is 2.11. The molecule has 3 rings (SSSR count). The normalized spacial score (nSPS) is 10.2. The molecule has 0 aliphatic rings. The number of hydrogen-bond donors (Lipinski definition) is 1. The van der Waals surface area contributed by atoms with Crippen LogP contribution in [0, 0.1) is 29.6 Å². The number of aromatic nitrogens is 3. The number of H-pyrrole nitrogens is 1. The summed E-state index contributed by atoms with van der Waals surface area (Å²) in [4.78, 5) is 18.7. The first-order valence-corrected chi connectivity index (χ1v) is 6.15. The SMILES string of the molecule is Cc1[nH]c(=O)c(C#N)cc1-c1cn2cc(C#N)ccc2n1. The summed E-state index contributed by atoms with van der Waals surface area (Å²) >= 11 is 0. The van der Waals surface area contributed by atoms with E-state index in [1.165, 1.54) is 6.07 Å². The molecule has 0 aromatic carbocycles. The first kappa shape index (κ1) is 12.6. The first-order chi connectivity index (χ1) is 10.1. The van der Waals surface area contributed by atoms with E-state index in [0.717, 1.165) is 0 Å². The molecule has 0 radical (unpaired) electrons. The zero-order valence-electron chi connectivity index (χ0n) is 11.1. The molecule has 1 N–H and O–H groups in total.